The lowest BCUT2D eigenvalue weighted by Crippen LogP contribution is -2.59. The van der Waals surface area contributed by atoms with Gasteiger partial charge in [-0.25, -0.2) is 9.98 Å². The van der Waals surface area contributed by atoms with Gasteiger partial charge in [-0.15, -0.1) is 0 Å². The summed E-state index contributed by atoms with van der Waals surface area (Å²) in [6.07, 6.45) is 4.78. The molecule has 9 heteroatoms. The lowest BCUT2D eigenvalue weighted by atomic mass is 9.45. The first-order valence-corrected chi connectivity index (χ1v) is 16.0. The molecule has 7 rings (SSSR count). The monoisotopic (exact) mass is 608 g/mol. The van der Waals surface area contributed by atoms with Crippen molar-refractivity contribution in [1.29, 1.82) is 0 Å². The molecule has 224 valence electrons. The molecule has 3 aromatic rings. The van der Waals surface area contributed by atoms with Crippen LogP contribution in [-0.4, -0.2) is 51.6 Å². The van der Waals surface area contributed by atoms with E-state index in [0.717, 1.165) is 48.6 Å². The van der Waals surface area contributed by atoms with E-state index in [1.807, 2.05) is 30.3 Å². The molecule has 2 heterocycles. The molecule has 2 N–H and O–H groups in total. The summed E-state index contributed by atoms with van der Waals surface area (Å²) in [5.41, 5.74) is 2.96. The van der Waals surface area contributed by atoms with E-state index < -0.39 is 0 Å². The minimum absolute atomic E-state index is 0.0527. The Morgan fingerprint density at radius 1 is 1.07 bits per heavy atom. The van der Waals surface area contributed by atoms with Crippen LogP contribution < -0.4 is 16.2 Å². The molecule has 4 aliphatic rings. The zero-order chi connectivity index (χ0) is 29.8. The van der Waals surface area contributed by atoms with Crippen molar-refractivity contribution in [2.75, 3.05) is 18.4 Å². The first kappa shape index (κ1) is 29.5. The first-order valence-electron chi connectivity index (χ1n) is 15.3. The van der Waals surface area contributed by atoms with E-state index in [1.165, 1.54) is 6.42 Å². The maximum absolute atomic E-state index is 13.3. The standard InChI is InChI=1S/C33H42Cl2N6O/c1-19-16-41(17-20(2)37-19)32(39-29-14-23-13-26(21(29)3)33(23,4)5)38-24-7-8-25-30(15-24)36-18-40(31(25)42)11-10-22-6-9-27(34)28(35)12-22/h6-9,12,15,18-21,23,26,29,37H,10-11,13-14,16-17H2,1-5H3,(H,38,39)/t19-,20+,21-,23-,26-,29+/m1/s1. The molecule has 4 fully saturated rings. The minimum Gasteiger partial charge on any atom is -0.340 e. The quantitative estimate of drug-likeness (QED) is 0.256. The van der Waals surface area contributed by atoms with Crippen LogP contribution in [0.1, 0.15) is 53.0 Å². The average Bonchev–Trinajstić information content (AvgIpc) is 2.94. The number of fused-ring (bicyclic) bond motifs is 3. The average molecular weight is 610 g/mol. The van der Waals surface area contributed by atoms with Gasteiger partial charge in [-0.1, -0.05) is 50.0 Å². The summed E-state index contributed by atoms with van der Waals surface area (Å²) >= 11 is 12.2. The van der Waals surface area contributed by atoms with Crippen LogP contribution in [0.25, 0.3) is 10.9 Å². The van der Waals surface area contributed by atoms with Gasteiger partial charge in [0.05, 0.1) is 33.3 Å². The molecule has 3 aliphatic carbocycles. The van der Waals surface area contributed by atoms with Gasteiger partial charge in [0.2, 0.25) is 0 Å². The molecule has 2 bridgehead atoms. The van der Waals surface area contributed by atoms with E-state index in [1.54, 1.807) is 17.0 Å². The van der Waals surface area contributed by atoms with Gasteiger partial charge in [-0.3, -0.25) is 9.36 Å². The Hall–Kier alpha value is -2.61. The van der Waals surface area contributed by atoms with E-state index >= 15 is 0 Å². The van der Waals surface area contributed by atoms with Crippen molar-refractivity contribution in [3.63, 3.8) is 0 Å². The molecule has 7 nitrogen and oxygen atoms in total. The van der Waals surface area contributed by atoms with Crippen molar-refractivity contribution >= 4 is 45.8 Å². The summed E-state index contributed by atoms with van der Waals surface area (Å²) < 4.78 is 1.66. The van der Waals surface area contributed by atoms with Crippen LogP contribution in [0.15, 0.2) is 52.5 Å². The smallest absolute Gasteiger partial charge is 0.261 e. The number of hydrogen-bond donors (Lipinski definition) is 2. The van der Waals surface area contributed by atoms with Crippen molar-refractivity contribution in [1.82, 2.24) is 19.8 Å². The van der Waals surface area contributed by atoms with Gasteiger partial charge in [0.15, 0.2) is 5.96 Å². The second-order valence-corrected chi connectivity index (χ2v) is 14.3. The van der Waals surface area contributed by atoms with Gasteiger partial charge in [-0.05, 0) is 92.2 Å². The minimum atomic E-state index is -0.0527. The Labute approximate surface area is 258 Å². The molecule has 3 saturated carbocycles. The van der Waals surface area contributed by atoms with Gasteiger partial charge >= 0.3 is 0 Å². The third-order valence-corrected chi connectivity index (χ3v) is 10.9. The summed E-state index contributed by atoms with van der Waals surface area (Å²) in [7, 11) is 0. The van der Waals surface area contributed by atoms with Crippen molar-refractivity contribution < 1.29 is 0 Å². The third kappa shape index (κ3) is 5.68. The fourth-order valence-electron chi connectivity index (χ4n) is 7.61. The van der Waals surface area contributed by atoms with E-state index in [4.69, 9.17) is 28.2 Å². The second-order valence-electron chi connectivity index (χ2n) is 13.4. The van der Waals surface area contributed by atoms with Crippen LogP contribution in [0, 0.1) is 23.2 Å². The number of aliphatic imine (C=N–C) groups is 1. The van der Waals surface area contributed by atoms with Crippen LogP contribution >= 0.6 is 23.2 Å². The predicted molar refractivity (Wildman–Crippen MR) is 174 cm³/mol. The predicted octanol–water partition coefficient (Wildman–Crippen LogP) is 6.47. The number of aromatic nitrogens is 2. The number of benzene rings is 2. The maximum atomic E-state index is 13.3. The molecule has 2 aromatic carbocycles. The number of guanidine groups is 1. The van der Waals surface area contributed by atoms with E-state index in [0.29, 0.717) is 63.4 Å². The fourth-order valence-corrected chi connectivity index (χ4v) is 7.93. The number of halogens is 2. The maximum Gasteiger partial charge on any atom is 0.261 e. The molecule has 1 aromatic heterocycles. The Morgan fingerprint density at radius 2 is 1.83 bits per heavy atom. The van der Waals surface area contributed by atoms with E-state index in [-0.39, 0.29) is 5.56 Å². The molecule has 1 saturated heterocycles. The van der Waals surface area contributed by atoms with Gasteiger partial charge in [0.25, 0.3) is 5.56 Å². The molecule has 0 amide bonds. The number of aryl methyl sites for hydroxylation is 2. The van der Waals surface area contributed by atoms with Crippen LogP contribution in [-0.2, 0) is 13.0 Å². The van der Waals surface area contributed by atoms with Crippen LogP contribution in [0.3, 0.4) is 0 Å². The highest BCUT2D eigenvalue weighted by atomic mass is 35.5. The number of piperazine rings is 1. The lowest BCUT2D eigenvalue weighted by molar-refractivity contribution is -0.108. The van der Waals surface area contributed by atoms with Crippen LogP contribution in [0.2, 0.25) is 10.0 Å². The highest BCUT2D eigenvalue weighted by Crippen LogP contribution is 2.61. The van der Waals surface area contributed by atoms with Crippen molar-refractivity contribution in [2.45, 2.75) is 78.6 Å². The fraction of sp³-hybridized carbons (Fsp3) is 0.545. The molecule has 1 aliphatic heterocycles. The zero-order valence-corrected chi connectivity index (χ0v) is 26.7. The molecule has 0 radical (unpaired) electrons. The number of nitrogens with one attached hydrogen (secondary N) is 2. The van der Waals surface area contributed by atoms with Crippen molar-refractivity contribution in [3.8, 4) is 0 Å². The van der Waals surface area contributed by atoms with Gasteiger partial charge in [0, 0.05) is 37.4 Å². The third-order valence-electron chi connectivity index (χ3n) is 10.2. The highest BCUT2D eigenvalue weighted by molar-refractivity contribution is 6.42. The van der Waals surface area contributed by atoms with Crippen molar-refractivity contribution in [3.05, 3.63) is 68.7 Å². The Balaban J connectivity index is 1.24. The van der Waals surface area contributed by atoms with Crippen molar-refractivity contribution in [2.24, 2.45) is 28.2 Å². The number of nitrogens with zero attached hydrogens (tertiary/aromatic N) is 4. The topological polar surface area (TPSA) is 74.5 Å². The molecule has 6 atom stereocenters. The van der Waals surface area contributed by atoms with Crippen LogP contribution in [0.5, 0.6) is 0 Å². The van der Waals surface area contributed by atoms with E-state index in [9.17, 15) is 4.79 Å². The SMILES string of the molecule is C[C@H]1[C@@H](N=C(Nc2ccc3c(=O)n(CCc4ccc(Cl)c(Cl)c4)cnc3c2)N2C[C@@H](C)N[C@@H](C)C2)C[C@H]2C[C@H]1C2(C)C. The second kappa shape index (κ2) is 11.5. The molecule has 0 spiro atoms. The summed E-state index contributed by atoms with van der Waals surface area (Å²) in [5.74, 6) is 2.97. The Kier molecular flexibility index (Phi) is 8.05. The largest absolute Gasteiger partial charge is 0.340 e. The summed E-state index contributed by atoms with van der Waals surface area (Å²) in [6.45, 7) is 14.0. The Morgan fingerprint density at radius 3 is 2.52 bits per heavy atom. The lowest BCUT2D eigenvalue weighted by Gasteiger charge is -2.61. The summed E-state index contributed by atoms with van der Waals surface area (Å²) in [5, 5.41) is 8.95. The zero-order valence-electron chi connectivity index (χ0n) is 25.2. The Bertz CT molecular complexity index is 1560. The molecule has 42 heavy (non-hydrogen) atoms. The molecule has 0 unspecified atom stereocenters. The van der Waals surface area contributed by atoms with Gasteiger partial charge in [-0.2, -0.15) is 0 Å². The summed E-state index contributed by atoms with van der Waals surface area (Å²) in [6, 6.07) is 12.4. The van der Waals surface area contributed by atoms with Crippen LogP contribution in [0.4, 0.5) is 5.69 Å². The number of rotatable bonds is 5. The van der Waals surface area contributed by atoms with Gasteiger partial charge in [0.1, 0.15) is 0 Å². The molecular weight excluding hydrogens is 567 g/mol. The highest BCUT2D eigenvalue weighted by Gasteiger charge is 2.56. The summed E-state index contributed by atoms with van der Waals surface area (Å²) in [4.78, 5) is 25.8. The first-order chi connectivity index (χ1) is 20.0. The van der Waals surface area contributed by atoms with Gasteiger partial charge < -0.3 is 15.5 Å². The normalized spacial score (nSPS) is 28.9. The van der Waals surface area contributed by atoms with E-state index in [2.05, 4.69) is 55.1 Å². The molecular formula is C33H42Cl2N6O. The number of hydrogen-bond acceptors (Lipinski definition) is 4. The number of anilines is 1.